The molecular formula is C13H17BrN2S. The third kappa shape index (κ3) is 2.63. The van der Waals surface area contributed by atoms with Gasteiger partial charge in [-0.2, -0.15) is 0 Å². The van der Waals surface area contributed by atoms with Crippen molar-refractivity contribution >= 4 is 38.8 Å². The van der Waals surface area contributed by atoms with Gasteiger partial charge in [0.05, 0.1) is 0 Å². The number of thiocarbonyl (C=S) groups is 1. The van der Waals surface area contributed by atoms with Gasteiger partial charge in [0.1, 0.15) is 4.99 Å². The van der Waals surface area contributed by atoms with Crippen molar-refractivity contribution in [3.63, 3.8) is 0 Å². The Morgan fingerprint density at radius 3 is 2.94 bits per heavy atom. The minimum Gasteiger partial charge on any atom is -0.389 e. The third-order valence-corrected chi connectivity index (χ3v) is 4.31. The van der Waals surface area contributed by atoms with Gasteiger partial charge in [0.2, 0.25) is 0 Å². The number of anilines is 1. The van der Waals surface area contributed by atoms with Crippen molar-refractivity contribution in [3.05, 3.63) is 28.2 Å². The lowest BCUT2D eigenvalue weighted by atomic mass is 10.1. The zero-order chi connectivity index (χ0) is 12.4. The molecule has 0 amide bonds. The lowest BCUT2D eigenvalue weighted by Gasteiger charge is -2.22. The molecule has 0 aliphatic carbocycles. The summed E-state index contributed by atoms with van der Waals surface area (Å²) < 4.78 is 0.988. The van der Waals surface area contributed by atoms with Crippen molar-refractivity contribution in [2.75, 3.05) is 18.0 Å². The summed E-state index contributed by atoms with van der Waals surface area (Å²) in [6.07, 6.45) is 2.51. The first-order valence-electron chi connectivity index (χ1n) is 5.96. The average molecular weight is 313 g/mol. The summed E-state index contributed by atoms with van der Waals surface area (Å²) >= 11 is 8.68. The molecule has 1 saturated heterocycles. The molecular weight excluding hydrogens is 296 g/mol. The Bertz CT molecular complexity index is 433. The molecule has 1 aliphatic heterocycles. The Morgan fingerprint density at radius 1 is 1.59 bits per heavy atom. The fraction of sp³-hybridized carbons (Fsp3) is 0.462. The van der Waals surface area contributed by atoms with E-state index >= 15 is 0 Å². The highest BCUT2D eigenvalue weighted by atomic mass is 79.9. The quantitative estimate of drug-likeness (QED) is 0.868. The summed E-state index contributed by atoms with van der Waals surface area (Å²) in [5.74, 6) is 0.799. The fourth-order valence-corrected chi connectivity index (χ4v) is 3.32. The molecule has 2 rings (SSSR count). The first-order chi connectivity index (χ1) is 8.13. The smallest absolute Gasteiger partial charge is 0.107 e. The molecule has 0 aromatic heterocycles. The SMILES string of the molecule is CCC1CCN(c2cccc(Br)c2C(N)=S)C1. The van der Waals surface area contributed by atoms with E-state index in [0.29, 0.717) is 4.99 Å². The topological polar surface area (TPSA) is 29.3 Å². The number of hydrogen-bond donors (Lipinski definition) is 1. The third-order valence-electron chi connectivity index (χ3n) is 3.44. The summed E-state index contributed by atoms with van der Waals surface area (Å²) in [5.41, 5.74) is 7.97. The van der Waals surface area contributed by atoms with E-state index in [9.17, 15) is 0 Å². The normalized spacial score (nSPS) is 19.6. The van der Waals surface area contributed by atoms with Crippen LogP contribution in [-0.2, 0) is 0 Å². The van der Waals surface area contributed by atoms with Crippen LogP contribution in [0.4, 0.5) is 5.69 Å². The molecule has 0 radical (unpaired) electrons. The van der Waals surface area contributed by atoms with Crippen molar-refractivity contribution in [3.8, 4) is 0 Å². The lowest BCUT2D eigenvalue weighted by molar-refractivity contribution is 0.569. The van der Waals surface area contributed by atoms with Crippen LogP contribution in [0.15, 0.2) is 22.7 Å². The van der Waals surface area contributed by atoms with E-state index in [-0.39, 0.29) is 0 Å². The second kappa shape index (κ2) is 5.36. The second-order valence-electron chi connectivity index (χ2n) is 4.51. The van der Waals surface area contributed by atoms with Gasteiger partial charge in [-0.1, -0.05) is 31.6 Å². The molecule has 1 heterocycles. The minimum absolute atomic E-state index is 0.465. The molecule has 17 heavy (non-hydrogen) atoms. The van der Waals surface area contributed by atoms with Crippen molar-refractivity contribution in [1.29, 1.82) is 0 Å². The molecule has 0 bridgehead atoms. The van der Waals surface area contributed by atoms with Crippen molar-refractivity contribution in [1.82, 2.24) is 0 Å². The van der Waals surface area contributed by atoms with E-state index in [2.05, 4.69) is 33.8 Å². The van der Waals surface area contributed by atoms with Crippen molar-refractivity contribution < 1.29 is 0 Å². The van der Waals surface area contributed by atoms with Gasteiger partial charge >= 0.3 is 0 Å². The molecule has 1 aliphatic rings. The van der Waals surface area contributed by atoms with Gasteiger partial charge in [-0.15, -0.1) is 0 Å². The highest BCUT2D eigenvalue weighted by molar-refractivity contribution is 9.10. The summed E-state index contributed by atoms with van der Waals surface area (Å²) in [6, 6.07) is 6.14. The van der Waals surface area contributed by atoms with Crippen LogP contribution >= 0.6 is 28.1 Å². The molecule has 0 spiro atoms. The highest BCUT2D eigenvalue weighted by Gasteiger charge is 2.24. The van der Waals surface area contributed by atoms with Crippen LogP contribution in [-0.4, -0.2) is 18.1 Å². The Labute approximate surface area is 116 Å². The van der Waals surface area contributed by atoms with Crippen LogP contribution < -0.4 is 10.6 Å². The van der Waals surface area contributed by atoms with E-state index in [1.165, 1.54) is 18.5 Å². The van der Waals surface area contributed by atoms with Crippen molar-refractivity contribution in [2.24, 2.45) is 11.7 Å². The maximum absolute atomic E-state index is 5.82. The summed E-state index contributed by atoms with van der Waals surface area (Å²) in [7, 11) is 0. The molecule has 1 aromatic rings. The Hall–Kier alpha value is -0.610. The molecule has 4 heteroatoms. The summed E-state index contributed by atoms with van der Waals surface area (Å²) in [6.45, 7) is 4.47. The molecule has 0 saturated carbocycles. The summed E-state index contributed by atoms with van der Waals surface area (Å²) in [5, 5.41) is 0. The zero-order valence-corrected chi connectivity index (χ0v) is 12.4. The van der Waals surface area contributed by atoms with Gasteiger partial charge in [0.25, 0.3) is 0 Å². The van der Waals surface area contributed by atoms with Crippen LogP contribution in [0.2, 0.25) is 0 Å². The van der Waals surface area contributed by atoms with Crippen LogP contribution in [0.1, 0.15) is 25.3 Å². The van der Waals surface area contributed by atoms with Gasteiger partial charge in [0.15, 0.2) is 0 Å². The molecule has 92 valence electrons. The fourth-order valence-electron chi connectivity index (χ4n) is 2.40. The zero-order valence-electron chi connectivity index (χ0n) is 9.95. The van der Waals surface area contributed by atoms with Crippen LogP contribution in [0.5, 0.6) is 0 Å². The van der Waals surface area contributed by atoms with E-state index in [1.807, 2.05) is 12.1 Å². The number of hydrogen-bond acceptors (Lipinski definition) is 2. The number of nitrogens with zero attached hydrogens (tertiary/aromatic N) is 1. The van der Waals surface area contributed by atoms with Gasteiger partial charge in [-0.3, -0.25) is 0 Å². The second-order valence-corrected chi connectivity index (χ2v) is 5.80. The van der Waals surface area contributed by atoms with Crippen LogP contribution in [0, 0.1) is 5.92 Å². The molecule has 2 nitrogen and oxygen atoms in total. The minimum atomic E-state index is 0.465. The standard InChI is InChI=1S/C13H17BrN2S/c1-2-9-6-7-16(8-9)11-5-3-4-10(14)12(11)13(15)17/h3-5,9H,2,6-8H2,1H3,(H2,15,17). The van der Waals surface area contributed by atoms with Gasteiger partial charge in [0, 0.05) is 28.8 Å². The van der Waals surface area contributed by atoms with Gasteiger partial charge < -0.3 is 10.6 Å². The number of halogens is 1. The van der Waals surface area contributed by atoms with Gasteiger partial charge in [-0.05, 0) is 40.4 Å². The van der Waals surface area contributed by atoms with Crippen LogP contribution in [0.25, 0.3) is 0 Å². The molecule has 1 aromatic carbocycles. The lowest BCUT2D eigenvalue weighted by Crippen LogP contribution is -2.24. The number of benzene rings is 1. The average Bonchev–Trinajstić information content (AvgIpc) is 2.76. The molecule has 1 unspecified atom stereocenters. The summed E-state index contributed by atoms with van der Waals surface area (Å²) in [4.78, 5) is 2.86. The van der Waals surface area contributed by atoms with Crippen LogP contribution in [0.3, 0.4) is 0 Å². The number of nitrogens with two attached hydrogens (primary N) is 1. The van der Waals surface area contributed by atoms with E-state index < -0.39 is 0 Å². The van der Waals surface area contributed by atoms with E-state index in [4.69, 9.17) is 18.0 Å². The molecule has 1 fully saturated rings. The molecule has 2 N–H and O–H groups in total. The molecule has 1 atom stereocenters. The maximum Gasteiger partial charge on any atom is 0.107 e. The largest absolute Gasteiger partial charge is 0.389 e. The maximum atomic E-state index is 5.82. The number of rotatable bonds is 3. The monoisotopic (exact) mass is 312 g/mol. The van der Waals surface area contributed by atoms with E-state index in [0.717, 1.165) is 29.0 Å². The first kappa shape index (κ1) is 12.8. The first-order valence-corrected chi connectivity index (χ1v) is 7.16. The predicted molar refractivity (Wildman–Crippen MR) is 80.6 cm³/mol. The Balaban J connectivity index is 2.33. The predicted octanol–water partition coefficient (Wildman–Crippen LogP) is 3.32. The van der Waals surface area contributed by atoms with Gasteiger partial charge in [-0.25, -0.2) is 0 Å². The van der Waals surface area contributed by atoms with E-state index in [1.54, 1.807) is 0 Å². The Morgan fingerprint density at radius 2 is 2.35 bits per heavy atom. The Kier molecular flexibility index (Phi) is 4.05. The highest BCUT2D eigenvalue weighted by Crippen LogP contribution is 2.32. The van der Waals surface area contributed by atoms with Crippen molar-refractivity contribution in [2.45, 2.75) is 19.8 Å².